The maximum Gasteiger partial charge on any atom is 0.285 e. The van der Waals surface area contributed by atoms with E-state index in [2.05, 4.69) is 30.1 Å². The van der Waals surface area contributed by atoms with Crippen molar-refractivity contribution in [2.75, 3.05) is 17.2 Å². The highest BCUT2D eigenvalue weighted by Gasteiger charge is 2.37. The summed E-state index contributed by atoms with van der Waals surface area (Å²) in [5, 5.41) is 13.3. The van der Waals surface area contributed by atoms with Crippen LogP contribution in [0, 0.1) is 6.92 Å². The topological polar surface area (TPSA) is 91.3 Å². The molecule has 0 aliphatic carbocycles. The van der Waals surface area contributed by atoms with Crippen molar-refractivity contribution in [3.05, 3.63) is 60.4 Å². The number of H-pyrrole nitrogens is 1. The third kappa shape index (κ3) is 4.04. The summed E-state index contributed by atoms with van der Waals surface area (Å²) in [6.45, 7) is 4.14. The van der Waals surface area contributed by atoms with Crippen molar-refractivity contribution >= 4 is 35.2 Å². The Kier molecular flexibility index (Phi) is 4.69. The molecular formula is C18H19N7OS+. The van der Waals surface area contributed by atoms with E-state index in [1.54, 1.807) is 18.1 Å². The number of amidine groups is 1. The number of hydrogen-bond acceptors (Lipinski definition) is 7. The number of carbonyl (C=O) groups is 1. The summed E-state index contributed by atoms with van der Waals surface area (Å²) < 4.78 is 2.11. The lowest BCUT2D eigenvalue weighted by Crippen LogP contribution is -2.42. The van der Waals surface area contributed by atoms with Gasteiger partial charge in [-0.2, -0.15) is 10.1 Å². The second-order valence-corrected chi connectivity index (χ2v) is 7.28. The normalized spacial score (nSPS) is 16.0. The first-order valence-electron chi connectivity index (χ1n) is 8.42. The van der Waals surface area contributed by atoms with E-state index < -0.39 is 0 Å². The van der Waals surface area contributed by atoms with Gasteiger partial charge in [-0.3, -0.25) is 19.5 Å². The van der Waals surface area contributed by atoms with E-state index in [9.17, 15) is 4.79 Å². The molecule has 3 N–H and O–H groups in total. The van der Waals surface area contributed by atoms with Crippen molar-refractivity contribution in [2.24, 2.45) is 4.99 Å². The molecule has 0 unspecified atom stereocenters. The smallest absolute Gasteiger partial charge is 0.285 e. The predicted octanol–water partition coefficient (Wildman–Crippen LogP) is 2.93. The van der Waals surface area contributed by atoms with Gasteiger partial charge in [0.15, 0.2) is 12.0 Å². The van der Waals surface area contributed by atoms with Crippen LogP contribution in [0.4, 0.5) is 11.5 Å². The molecule has 1 amide bonds. The zero-order valence-corrected chi connectivity index (χ0v) is 15.7. The molecule has 0 atom stereocenters. The third-order valence-electron chi connectivity index (χ3n) is 3.90. The second-order valence-electron chi connectivity index (χ2n) is 6.16. The van der Waals surface area contributed by atoms with Crippen LogP contribution in [0.2, 0.25) is 0 Å². The van der Waals surface area contributed by atoms with Crippen LogP contribution in [0.1, 0.15) is 12.6 Å². The molecule has 8 nitrogen and oxygen atoms in total. The average molecular weight is 381 g/mol. The lowest BCUT2D eigenvalue weighted by Gasteiger charge is -2.24. The standard InChI is InChI=1S/C18H19N7OS/c1-12-9-16(23-22-12)21-18-11-24(10-17-19-7-8-25(17)18)27-15-5-3-14(4-6-15)20-13(2)26/h3-9,11H,10H2,1-2H3,(H,20,26)(H2,21,22,23)/q+1. The minimum Gasteiger partial charge on any atom is -0.326 e. The molecule has 4 rings (SSSR count). The minimum absolute atomic E-state index is 0.0782. The zero-order chi connectivity index (χ0) is 18.8. The quantitative estimate of drug-likeness (QED) is 0.547. The summed E-state index contributed by atoms with van der Waals surface area (Å²) in [4.78, 5) is 18.7. The number of nitrogens with zero attached hydrogens (tertiary/aromatic N) is 4. The number of fused-ring (bicyclic) bond motifs is 1. The van der Waals surface area contributed by atoms with Gasteiger partial charge in [-0.15, -0.1) is 0 Å². The average Bonchev–Trinajstić information content (AvgIpc) is 3.25. The molecule has 1 radical (unpaired) electrons. The summed E-state index contributed by atoms with van der Waals surface area (Å²) in [7, 11) is 0. The molecule has 27 heavy (non-hydrogen) atoms. The Bertz CT molecular complexity index is 945. The summed E-state index contributed by atoms with van der Waals surface area (Å²) in [5.41, 5.74) is 1.78. The van der Waals surface area contributed by atoms with Crippen LogP contribution in [0.15, 0.2) is 64.6 Å². The molecule has 0 saturated heterocycles. The number of anilines is 2. The fraction of sp³-hybridized carbons (Fsp3) is 0.167. The molecule has 3 heterocycles. The van der Waals surface area contributed by atoms with Crippen molar-refractivity contribution in [3.8, 4) is 0 Å². The van der Waals surface area contributed by atoms with Gasteiger partial charge in [0.1, 0.15) is 6.54 Å². The van der Waals surface area contributed by atoms with Crippen molar-refractivity contribution in [3.63, 3.8) is 0 Å². The number of benzene rings is 1. The van der Waals surface area contributed by atoms with Crippen molar-refractivity contribution in [2.45, 2.75) is 18.7 Å². The number of aromatic nitrogens is 2. The maximum absolute atomic E-state index is 11.1. The molecule has 2 aliphatic rings. The van der Waals surface area contributed by atoms with Crippen molar-refractivity contribution < 1.29 is 4.79 Å². The Balaban J connectivity index is 1.51. The first-order chi connectivity index (χ1) is 13.1. The van der Waals surface area contributed by atoms with Gasteiger partial charge in [0.2, 0.25) is 5.91 Å². The van der Waals surface area contributed by atoms with Crippen LogP contribution in [0.3, 0.4) is 0 Å². The summed E-state index contributed by atoms with van der Waals surface area (Å²) in [6, 6.07) is 9.70. The zero-order valence-electron chi connectivity index (χ0n) is 14.9. The molecule has 9 heteroatoms. The fourth-order valence-electron chi connectivity index (χ4n) is 2.76. The molecular weight excluding hydrogens is 362 g/mol. The largest absolute Gasteiger partial charge is 0.326 e. The number of aliphatic imine (C=N–C) groups is 1. The van der Waals surface area contributed by atoms with Crippen LogP contribution in [-0.2, 0) is 4.79 Å². The molecule has 1 aromatic heterocycles. The number of aryl methyl sites for hydroxylation is 1. The molecule has 0 spiro atoms. The van der Waals surface area contributed by atoms with Crippen LogP contribution in [0.5, 0.6) is 0 Å². The van der Waals surface area contributed by atoms with E-state index >= 15 is 0 Å². The Morgan fingerprint density at radius 1 is 1.33 bits per heavy atom. The van der Waals surface area contributed by atoms with Crippen LogP contribution >= 0.6 is 11.9 Å². The van der Waals surface area contributed by atoms with E-state index in [0.29, 0.717) is 6.54 Å². The molecule has 2 aliphatic heterocycles. The number of hydrogen-bond donors (Lipinski definition) is 3. The number of aromatic amines is 1. The van der Waals surface area contributed by atoms with Gasteiger partial charge in [0.25, 0.3) is 11.7 Å². The van der Waals surface area contributed by atoms with E-state index in [0.717, 1.165) is 33.8 Å². The molecule has 0 saturated carbocycles. The highest BCUT2D eigenvalue weighted by molar-refractivity contribution is 7.97. The van der Waals surface area contributed by atoms with Gasteiger partial charge in [0, 0.05) is 29.3 Å². The second kappa shape index (κ2) is 7.29. The van der Waals surface area contributed by atoms with Gasteiger partial charge in [-0.05, 0) is 48.0 Å². The lowest BCUT2D eigenvalue weighted by atomic mass is 10.3. The Hall–Kier alpha value is -3.04. The fourth-order valence-corrected chi connectivity index (χ4v) is 3.62. The summed E-state index contributed by atoms with van der Waals surface area (Å²) in [5.74, 6) is 2.49. The monoisotopic (exact) mass is 381 g/mol. The van der Waals surface area contributed by atoms with Gasteiger partial charge < -0.3 is 5.32 Å². The van der Waals surface area contributed by atoms with Crippen LogP contribution < -0.4 is 15.5 Å². The molecule has 1 aromatic carbocycles. The minimum atomic E-state index is -0.0782. The lowest BCUT2D eigenvalue weighted by molar-refractivity contribution is -0.114. The first kappa shape index (κ1) is 17.4. The first-order valence-corrected chi connectivity index (χ1v) is 9.20. The van der Waals surface area contributed by atoms with E-state index in [1.165, 1.54) is 6.92 Å². The number of nitrogens with one attached hydrogen (secondary N) is 3. The van der Waals surface area contributed by atoms with Gasteiger partial charge in [-0.25, -0.2) is 0 Å². The SMILES string of the molecule is CC(=O)Nc1ccc(SN2C=C(Nc3cc(C)[nH]n3)[N+]3C=CN=C3C2)cc1. The number of amides is 1. The highest BCUT2D eigenvalue weighted by Crippen LogP contribution is 2.29. The Morgan fingerprint density at radius 3 is 2.85 bits per heavy atom. The maximum atomic E-state index is 11.1. The van der Waals surface area contributed by atoms with E-state index in [1.807, 2.05) is 54.6 Å². The van der Waals surface area contributed by atoms with E-state index in [-0.39, 0.29) is 5.91 Å². The van der Waals surface area contributed by atoms with Gasteiger partial charge in [0.05, 0.1) is 12.4 Å². The van der Waals surface area contributed by atoms with Crippen LogP contribution in [-0.4, -0.2) is 32.8 Å². The predicted molar refractivity (Wildman–Crippen MR) is 107 cm³/mol. The van der Waals surface area contributed by atoms with E-state index in [4.69, 9.17) is 0 Å². The van der Waals surface area contributed by atoms with Crippen molar-refractivity contribution in [1.29, 1.82) is 0 Å². The van der Waals surface area contributed by atoms with Gasteiger partial charge >= 0.3 is 0 Å². The summed E-state index contributed by atoms with van der Waals surface area (Å²) in [6.07, 6.45) is 5.75. The Morgan fingerprint density at radius 2 is 2.15 bits per heavy atom. The van der Waals surface area contributed by atoms with Crippen molar-refractivity contribution in [1.82, 2.24) is 19.4 Å². The molecule has 2 aromatic rings. The Labute approximate surface area is 161 Å². The molecule has 137 valence electrons. The number of carbonyl (C=O) groups excluding carboxylic acids is 1. The van der Waals surface area contributed by atoms with Gasteiger partial charge in [-0.1, -0.05) is 0 Å². The third-order valence-corrected chi connectivity index (χ3v) is 4.85. The molecule has 0 fully saturated rings. The molecule has 0 bridgehead atoms. The highest BCUT2D eigenvalue weighted by atomic mass is 32.2. The summed E-state index contributed by atoms with van der Waals surface area (Å²) >= 11 is 1.60. The van der Waals surface area contributed by atoms with Crippen LogP contribution in [0.25, 0.3) is 0 Å². The number of rotatable bonds is 5.